The van der Waals surface area contributed by atoms with Gasteiger partial charge in [0.05, 0.1) is 17.4 Å². The van der Waals surface area contributed by atoms with Crippen LogP contribution < -0.4 is 5.32 Å². The number of rotatable bonds is 6. The Labute approximate surface area is 114 Å². The van der Waals surface area contributed by atoms with Crippen molar-refractivity contribution in [3.63, 3.8) is 0 Å². The molecule has 1 unspecified atom stereocenters. The molecule has 0 fully saturated rings. The molecule has 2 heterocycles. The van der Waals surface area contributed by atoms with E-state index in [1.165, 1.54) is 11.4 Å². The molecule has 1 N–H and O–H groups in total. The van der Waals surface area contributed by atoms with Crippen molar-refractivity contribution in [2.75, 3.05) is 7.05 Å². The van der Waals surface area contributed by atoms with Crippen molar-refractivity contribution in [1.82, 2.24) is 24.9 Å². The van der Waals surface area contributed by atoms with Crippen LogP contribution in [-0.2, 0) is 26.4 Å². The van der Waals surface area contributed by atoms with E-state index in [0.717, 1.165) is 25.1 Å². The van der Waals surface area contributed by atoms with Gasteiger partial charge in [0.1, 0.15) is 0 Å². The fourth-order valence-corrected chi connectivity index (χ4v) is 2.42. The number of aryl methyl sites for hydroxylation is 3. The van der Waals surface area contributed by atoms with Gasteiger partial charge in [0.15, 0.2) is 0 Å². The number of nitrogens with zero attached hydrogens (tertiary/aromatic N) is 4. The Kier molecular flexibility index (Phi) is 4.37. The molecule has 2 aromatic heterocycles. The van der Waals surface area contributed by atoms with Gasteiger partial charge in [-0.15, -0.1) is 0 Å². The Balaban J connectivity index is 2.23. The predicted molar refractivity (Wildman–Crippen MR) is 76.0 cm³/mol. The van der Waals surface area contributed by atoms with Crippen LogP contribution in [0.25, 0.3) is 0 Å². The molecule has 0 aliphatic heterocycles. The lowest BCUT2D eigenvalue weighted by atomic mass is 10.1. The third kappa shape index (κ3) is 2.87. The summed E-state index contributed by atoms with van der Waals surface area (Å²) < 4.78 is 4.02. The number of hydrogen-bond donors (Lipinski definition) is 1. The molecule has 0 saturated heterocycles. The van der Waals surface area contributed by atoms with Crippen LogP contribution in [0.5, 0.6) is 0 Å². The van der Waals surface area contributed by atoms with E-state index in [1.807, 2.05) is 25.0 Å². The number of likely N-dealkylation sites (N-methyl/N-ethyl adjacent to an activating group) is 1. The fourth-order valence-electron chi connectivity index (χ4n) is 2.42. The van der Waals surface area contributed by atoms with Gasteiger partial charge in [-0.05, 0) is 32.5 Å². The van der Waals surface area contributed by atoms with Crippen LogP contribution in [0.4, 0.5) is 0 Å². The lowest BCUT2D eigenvalue weighted by Gasteiger charge is -2.17. The second-order valence-electron chi connectivity index (χ2n) is 4.72. The van der Waals surface area contributed by atoms with Gasteiger partial charge in [0.2, 0.25) is 0 Å². The van der Waals surface area contributed by atoms with Crippen molar-refractivity contribution in [2.24, 2.45) is 7.05 Å². The van der Waals surface area contributed by atoms with Crippen LogP contribution in [-0.4, -0.2) is 26.6 Å². The quantitative estimate of drug-likeness (QED) is 0.861. The van der Waals surface area contributed by atoms with Crippen molar-refractivity contribution in [3.8, 4) is 0 Å². The van der Waals surface area contributed by atoms with Crippen LogP contribution in [0.3, 0.4) is 0 Å². The van der Waals surface area contributed by atoms with Gasteiger partial charge in [-0.1, -0.05) is 6.92 Å². The van der Waals surface area contributed by atoms with Crippen LogP contribution in [0.1, 0.15) is 37.0 Å². The van der Waals surface area contributed by atoms with Crippen molar-refractivity contribution >= 4 is 0 Å². The van der Waals surface area contributed by atoms with E-state index in [-0.39, 0.29) is 6.04 Å². The lowest BCUT2D eigenvalue weighted by molar-refractivity contribution is 0.508. The maximum Gasteiger partial charge on any atom is 0.0624 e. The Hall–Kier alpha value is -1.62. The largest absolute Gasteiger partial charge is 0.311 e. The molecule has 1 atom stereocenters. The molecule has 0 amide bonds. The molecule has 0 aromatic carbocycles. The van der Waals surface area contributed by atoms with E-state index in [0.29, 0.717) is 0 Å². The Bertz CT molecular complexity index is 526. The highest BCUT2D eigenvalue weighted by Crippen LogP contribution is 2.18. The van der Waals surface area contributed by atoms with E-state index in [4.69, 9.17) is 0 Å². The zero-order valence-corrected chi connectivity index (χ0v) is 12.2. The second-order valence-corrected chi connectivity index (χ2v) is 4.72. The first-order chi connectivity index (χ1) is 9.19. The average molecular weight is 261 g/mol. The van der Waals surface area contributed by atoms with Gasteiger partial charge >= 0.3 is 0 Å². The summed E-state index contributed by atoms with van der Waals surface area (Å²) in [6.45, 7) is 5.19. The summed E-state index contributed by atoms with van der Waals surface area (Å²) in [6, 6.07) is 4.54. The minimum atomic E-state index is 0.263. The molecule has 0 bridgehead atoms. The summed E-state index contributed by atoms with van der Waals surface area (Å²) >= 11 is 0. The lowest BCUT2D eigenvalue weighted by Crippen LogP contribution is -2.23. The number of nitrogens with one attached hydrogen (secondary N) is 1. The molecule has 0 radical (unpaired) electrons. The molecule has 104 valence electrons. The van der Waals surface area contributed by atoms with Crippen molar-refractivity contribution in [2.45, 2.75) is 39.3 Å². The molecule has 0 aliphatic carbocycles. The van der Waals surface area contributed by atoms with Crippen molar-refractivity contribution in [3.05, 3.63) is 35.4 Å². The van der Waals surface area contributed by atoms with Crippen molar-refractivity contribution < 1.29 is 0 Å². The molecule has 0 saturated carbocycles. The summed E-state index contributed by atoms with van der Waals surface area (Å²) in [7, 11) is 3.97. The average Bonchev–Trinajstić information content (AvgIpc) is 3.01. The summed E-state index contributed by atoms with van der Waals surface area (Å²) in [4.78, 5) is 0. The van der Waals surface area contributed by atoms with E-state index in [2.05, 4.69) is 46.2 Å². The molecule has 2 aromatic rings. The third-order valence-corrected chi connectivity index (χ3v) is 3.55. The van der Waals surface area contributed by atoms with E-state index in [1.54, 1.807) is 0 Å². The first-order valence-electron chi connectivity index (χ1n) is 6.90. The highest BCUT2D eigenvalue weighted by molar-refractivity contribution is 5.16. The molecule has 0 aliphatic rings. The Morgan fingerprint density at radius 3 is 2.68 bits per heavy atom. The highest BCUT2D eigenvalue weighted by atomic mass is 15.3. The number of hydrogen-bond acceptors (Lipinski definition) is 3. The van der Waals surface area contributed by atoms with Gasteiger partial charge in [-0.25, -0.2) is 0 Å². The maximum atomic E-state index is 4.60. The maximum absolute atomic E-state index is 4.60. The highest BCUT2D eigenvalue weighted by Gasteiger charge is 2.16. The normalized spacial score (nSPS) is 12.8. The van der Waals surface area contributed by atoms with Gasteiger partial charge in [0.25, 0.3) is 0 Å². The van der Waals surface area contributed by atoms with Crippen LogP contribution in [0.2, 0.25) is 0 Å². The molecule has 5 heteroatoms. The summed E-state index contributed by atoms with van der Waals surface area (Å²) in [5, 5.41) is 12.2. The topological polar surface area (TPSA) is 47.7 Å². The monoisotopic (exact) mass is 261 g/mol. The number of aromatic nitrogens is 4. The Morgan fingerprint density at radius 2 is 2.16 bits per heavy atom. The van der Waals surface area contributed by atoms with Crippen LogP contribution in [0.15, 0.2) is 18.3 Å². The van der Waals surface area contributed by atoms with E-state index < -0.39 is 0 Å². The smallest absolute Gasteiger partial charge is 0.0624 e. The molecule has 0 spiro atoms. The minimum absolute atomic E-state index is 0.263. The van der Waals surface area contributed by atoms with Crippen LogP contribution in [0, 0.1) is 0 Å². The third-order valence-electron chi connectivity index (χ3n) is 3.55. The minimum Gasteiger partial charge on any atom is -0.311 e. The first kappa shape index (κ1) is 13.8. The standard InChI is InChI=1S/C14H23N5/c1-5-11-9-12(19(6-2)17-11)10-13(15-3)14-7-8-16-18(14)4/h7-9,13,15H,5-6,10H2,1-4H3. The van der Waals surface area contributed by atoms with Crippen molar-refractivity contribution in [1.29, 1.82) is 0 Å². The summed E-state index contributed by atoms with van der Waals surface area (Å²) in [5.41, 5.74) is 3.64. The van der Waals surface area contributed by atoms with E-state index in [9.17, 15) is 0 Å². The zero-order valence-electron chi connectivity index (χ0n) is 12.2. The SMILES string of the molecule is CCc1cc(CC(NC)c2ccnn2C)n(CC)n1. The fraction of sp³-hybridized carbons (Fsp3) is 0.571. The predicted octanol–water partition coefficient (Wildman–Crippen LogP) is 1.70. The second kappa shape index (κ2) is 6.02. The first-order valence-corrected chi connectivity index (χ1v) is 6.90. The van der Waals surface area contributed by atoms with Gasteiger partial charge in [-0.3, -0.25) is 9.36 Å². The molecule has 2 rings (SSSR count). The van der Waals surface area contributed by atoms with E-state index >= 15 is 0 Å². The molecule has 5 nitrogen and oxygen atoms in total. The van der Waals surface area contributed by atoms with Gasteiger partial charge < -0.3 is 5.32 Å². The zero-order chi connectivity index (χ0) is 13.8. The molecular weight excluding hydrogens is 238 g/mol. The Morgan fingerprint density at radius 1 is 1.37 bits per heavy atom. The van der Waals surface area contributed by atoms with Crippen LogP contribution >= 0.6 is 0 Å². The van der Waals surface area contributed by atoms with Gasteiger partial charge in [0, 0.05) is 31.9 Å². The molecule has 19 heavy (non-hydrogen) atoms. The molecular formula is C14H23N5. The van der Waals surface area contributed by atoms with Gasteiger partial charge in [-0.2, -0.15) is 10.2 Å². The summed E-state index contributed by atoms with van der Waals surface area (Å²) in [6.07, 6.45) is 3.75. The summed E-state index contributed by atoms with van der Waals surface area (Å²) in [5.74, 6) is 0.